The average molecular weight is 178 g/mol. The summed E-state index contributed by atoms with van der Waals surface area (Å²) in [6.45, 7) is 14.7. The van der Waals surface area contributed by atoms with E-state index in [1.807, 2.05) is 6.92 Å². The van der Waals surface area contributed by atoms with Crippen molar-refractivity contribution < 1.29 is 0 Å². The van der Waals surface area contributed by atoms with Crippen LogP contribution in [0.4, 0.5) is 0 Å². The van der Waals surface area contributed by atoms with Crippen molar-refractivity contribution in [3.8, 4) is 0 Å². The van der Waals surface area contributed by atoms with E-state index < -0.39 is 0 Å². The minimum Gasteiger partial charge on any atom is -0.0961 e. The van der Waals surface area contributed by atoms with Gasteiger partial charge in [0.05, 0.1) is 0 Å². The fraction of sp³-hybridized carbons (Fsp3) is 0.538. The first kappa shape index (κ1) is 12.2. The Kier molecular flexibility index (Phi) is 4.76. The Labute approximate surface area is 83.0 Å². The summed E-state index contributed by atoms with van der Waals surface area (Å²) in [5, 5.41) is 0. The average Bonchev–Trinajstić information content (AvgIpc) is 1.95. The van der Waals surface area contributed by atoms with Crippen molar-refractivity contribution in [2.45, 2.75) is 41.0 Å². The fourth-order valence-electron chi connectivity index (χ4n) is 1.07. The van der Waals surface area contributed by atoms with Crippen LogP contribution in [0.2, 0.25) is 0 Å². The lowest BCUT2D eigenvalue weighted by Gasteiger charge is -2.13. The van der Waals surface area contributed by atoms with Crippen LogP contribution in [0.1, 0.15) is 41.0 Å². The highest BCUT2D eigenvalue weighted by atomic mass is 14.1. The summed E-state index contributed by atoms with van der Waals surface area (Å²) in [6.07, 6.45) is 7.63. The molecule has 74 valence electrons. The molecule has 13 heavy (non-hydrogen) atoms. The summed E-state index contributed by atoms with van der Waals surface area (Å²) in [6, 6.07) is 0. The Morgan fingerprint density at radius 2 is 1.77 bits per heavy atom. The maximum atomic E-state index is 3.84. The lowest BCUT2D eigenvalue weighted by atomic mass is 9.92. The molecule has 0 spiro atoms. The van der Waals surface area contributed by atoms with Crippen LogP contribution in [0.15, 0.2) is 36.0 Å². The first-order valence-corrected chi connectivity index (χ1v) is 4.90. The minimum absolute atomic E-state index is 0.269. The molecule has 0 unspecified atom stereocenters. The molecule has 0 fully saturated rings. The van der Waals surface area contributed by atoms with Gasteiger partial charge in [0.2, 0.25) is 0 Å². The third-order valence-electron chi connectivity index (χ3n) is 1.61. The fourth-order valence-corrected chi connectivity index (χ4v) is 1.07. The highest BCUT2D eigenvalue weighted by molar-refractivity contribution is 5.26. The molecule has 0 saturated heterocycles. The van der Waals surface area contributed by atoms with Gasteiger partial charge < -0.3 is 0 Å². The van der Waals surface area contributed by atoms with Gasteiger partial charge in [0.25, 0.3) is 0 Å². The van der Waals surface area contributed by atoms with E-state index >= 15 is 0 Å². The zero-order valence-corrected chi connectivity index (χ0v) is 9.65. The molecule has 0 atom stereocenters. The third-order valence-corrected chi connectivity index (χ3v) is 1.61. The predicted octanol–water partition coefficient (Wildman–Crippen LogP) is 4.50. The lowest BCUT2D eigenvalue weighted by molar-refractivity contribution is 0.539. The summed E-state index contributed by atoms with van der Waals surface area (Å²) in [4.78, 5) is 0. The zero-order valence-electron chi connectivity index (χ0n) is 9.65. The second kappa shape index (κ2) is 5.06. The monoisotopic (exact) mass is 178 g/mol. The van der Waals surface area contributed by atoms with Crippen LogP contribution in [-0.2, 0) is 0 Å². The highest BCUT2D eigenvalue weighted by Crippen LogP contribution is 2.19. The van der Waals surface area contributed by atoms with Gasteiger partial charge in [-0.1, -0.05) is 63.6 Å². The van der Waals surface area contributed by atoms with Gasteiger partial charge in [-0.25, -0.2) is 0 Å². The van der Waals surface area contributed by atoms with Gasteiger partial charge in [-0.15, -0.1) is 0 Å². The van der Waals surface area contributed by atoms with Crippen LogP contribution in [0.3, 0.4) is 0 Å². The molecule has 0 aliphatic carbocycles. The molecule has 0 rings (SSSR count). The summed E-state index contributed by atoms with van der Waals surface area (Å²) in [5.74, 6) is 0. The Balaban J connectivity index is 4.53. The van der Waals surface area contributed by atoms with Crippen molar-refractivity contribution in [3.05, 3.63) is 36.0 Å². The maximum absolute atomic E-state index is 3.84. The lowest BCUT2D eigenvalue weighted by Crippen LogP contribution is -2.00. The predicted molar refractivity (Wildman–Crippen MR) is 61.8 cm³/mol. The Hall–Kier alpha value is -0.780. The van der Waals surface area contributed by atoms with Gasteiger partial charge >= 0.3 is 0 Å². The molecule has 0 aromatic heterocycles. The number of allylic oxidation sites excluding steroid dienone is 5. The summed E-state index contributed by atoms with van der Waals surface area (Å²) >= 11 is 0. The molecule has 0 N–H and O–H groups in total. The van der Waals surface area contributed by atoms with Crippen LogP contribution in [0.25, 0.3) is 0 Å². The maximum Gasteiger partial charge on any atom is -0.0197 e. The Bertz CT molecular complexity index is 221. The molecule has 0 heterocycles. The van der Waals surface area contributed by atoms with Gasteiger partial charge in [0.1, 0.15) is 0 Å². The van der Waals surface area contributed by atoms with Crippen molar-refractivity contribution in [1.82, 2.24) is 0 Å². The number of rotatable bonds is 3. The van der Waals surface area contributed by atoms with Crippen molar-refractivity contribution in [2.24, 2.45) is 5.41 Å². The van der Waals surface area contributed by atoms with E-state index in [9.17, 15) is 0 Å². The quantitative estimate of drug-likeness (QED) is 0.558. The largest absolute Gasteiger partial charge is 0.0961 e. The second-order valence-corrected chi connectivity index (χ2v) is 4.62. The molecule has 0 amide bonds. The van der Waals surface area contributed by atoms with E-state index in [2.05, 4.69) is 52.5 Å². The van der Waals surface area contributed by atoms with Gasteiger partial charge in [-0.2, -0.15) is 0 Å². The Morgan fingerprint density at radius 3 is 2.08 bits per heavy atom. The standard InChI is InChI=1S/C13H22/c1-7-12(9-8-11(2)3)10-13(4,5)6/h8-10H,2,7H2,1,3-6H3/b9-8-,12-10-. The zero-order chi connectivity index (χ0) is 10.5. The van der Waals surface area contributed by atoms with Crippen LogP contribution in [-0.4, -0.2) is 0 Å². The molecule has 0 bridgehead atoms. The van der Waals surface area contributed by atoms with E-state index in [-0.39, 0.29) is 5.41 Å². The molecule has 0 aliphatic heterocycles. The number of hydrogen-bond donors (Lipinski definition) is 0. The van der Waals surface area contributed by atoms with Crippen molar-refractivity contribution in [3.63, 3.8) is 0 Å². The molecular formula is C13H22. The van der Waals surface area contributed by atoms with Crippen molar-refractivity contribution >= 4 is 0 Å². The molecule has 0 aromatic rings. The summed E-state index contributed by atoms with van der Waals surface area (Å²) < 4.78 is 0. The molecule has 0 heteroatoms. The van der Waals surface area contributed by atoms with Crippen LogP contribution in [0, 0.1) is 5.41 Å². The van der Waals surface area contributed by atoms with Crippen LogP contribution >= 0.6 is 0 Å². The number of hydrogen-bond acceptors (Lipinski definition) is 0. The topological polar surface area (TPSA) is 0 Å². The van der Waals surface area contributed by atoms with E-state index in [0.29, 0.717) is 0 Å². The third kappa shape index (κ3) is 7.58. The smallest absolute Gasteiger partial charge is 0.0197 e. The van der Waals surface area contributed by atoms with Crippen molar-refractivity contribution in [1.29, 1.82) is 0 Å². The van der Waals surface area contributed by atoms with E-state index in [1.165, 1.54) is 5.57 Å². The normalized spacial score (nSPS) is 13.8. The van der Waals surface area contributed by atoms with Gasteiger partial charge in [-0.05, 0) is 18.8 Å². The molecular weight excluding hydrogens is 156 g/mol. The van der Waals surface area contributed by atoms with E-state index in [4.69, 9.17) is 0 Å². The van der Waals surface area contributed by atoms with Gasteiger partial charge in [0.15, 0.2) is 0 Å². The van der Waals surface area contributed by atoms with E-state index in [0.717, 1.165) is 12.0 Å². The Morgan fingerprint density at radius 1 is 1.23 bits per heavy atom. The minimum atomic E-state index is 0.269. The van der Waals surface area contributed by atoms with E-state index in [1.54, 1.807) is 0 Å². The summed E-state index contributed by atoms with van der Waals surface area (Å²) in [7, 11) is 0. The van der Waals surface area contributed by atoms with Crippen LogP contribution in [0.5, 0.6) is 0 Å². The van der Waals surface area contributed by atoms with Crippen molar-refractivity contribution in [2.75, 3.05) is 0 Å². The summed E-state index contributed by atoms with van der Waals surface area (Å²) in [5.41, 5.74) is 2.76. The van der Waals surface area contributed by atoms with Gasteiger partial charge in [0, 0.05) is 0 Å². The molecule has 0 aromatic carbocycles. The SMILES string of the molecule is C=C(C)/C=C\C(=C/C(C)(C)C)CC. The molecule has 0 radical (unpaired) electrons. The first-order chi connectivity index (χ1) is 5.85. The molecule has 0 aliphatic rings. The van der Waals surface area contributed by atoms with Gasteiger partial charge in [-0.3, -0.25) is 0 Å². The second-order valence-electron chi connectivity index (χ2n) is 4.62. The first-order valence-electron chi connectivity index (χ1n) is 4.90. The molecule has 0 saturated carbocycles. The molecule has 0 nitrogen and oxygen atoms in total. The highest BCUT2D eigenvalue weighted by Gasteiger charge is 2.05. The van der Waals surface area contributed by atoms with Crippen LogP contribution < -0.4 is 0 Å².